The van der Waals surface area contributed by atoms with Gasteiger partial charge in [-0.15, -0.1) is 0 Å². The number of nitrogens with one attached hydrogen (secondary N) is 1. The Morgan fingerprint density at radius 3 is 3.00 bits per heavy atom. The van der Waals surface area contributed by atoms with E-state index in [1.54, 1.807) is 0 Å². The quantitative estimate of drug-likeness (QED) is 0.874. The van der Waals surface area contributed by atoms with Gasteiger partial charge in [-0.05, 0) is 24.6 Å². The number of hydrogen-bond donors (Lipinski definition) is 1. The summed E-state index contributed by atoms with van der Waals surface area (Å²) in [4.78, 5) is 19.3. The van der Waals surface area contributed by atoms with Crippen LogP contribution in [-0.2, 0) is 0 Å². The minimum Gasteiger partial charge on any atom is -0.335 e. The van der Waals surface area contributed by atoms with Crippen molar-refractivity contribution in [3.05, 3.63) is 28.5 Å². The first-order chi connectivity index (χ1) is 7.61. The first-order valence-corrected chi connectivity index (χ1v) is 6.10. The van der Waals surface area contributed by atoms with Crippen molar-refractivity contribution in [1.29, 1.82) is 0 Å². The van der Waals surface area contributed by atoms with Gasteiger partial charge in [0.25, 0.3) is 0 Å². The third kappa shape index (κ3) is 2.02. The van der Waals surface area contributed by atoms with Crippen LogP contribution in [0.2, 0.25) is 0 Å². The summed E-state index contributed by atoms with van der Waals surface area (Å²) in [5, 5.41) is 0. The molecule has 16 heavy (non-hydrogen) atoms. The Hall–Kier alpha value is -1.16. The molecule has 0 saturated heterocycles. The average molecular weight is 281 g/mol. The van der Waals surface area contributed by atoms with E-state index in [2.05, 4.69) is 25.9 Å². The van der Waals surface area contributed by atoms with Gasteiger partial charge in [0, 0.05) is 10.4 Å². The molecule has 3 nitrogen and oxygen atoms in total. The maximum absolute atomic E-state index is 11.9. The van der Waals surface area contributed by atoms with Crippen LogP contribution in [0.15, 0.2) is 22.7 Å². The van der Waals surface area contributed by atoms with Crippen LogP contribution in [0.3, 0.4) is 0 Å². The van der Waals surface area contributed by atoms with Crippen molar-refractivity contribution in [2.45, 2.75) is 20.3 Å². The molecule has 0 spiro atoms. The predicted octanol–water partition coefficient (Wildman–Crippen LogP) is 3.55. The Kier molecular flexibility index (Phi) is 3.10. The molecule has 0 radical (unpaired) electrons. The molecule has 0 amide bonds. The maximum atomic E-state index is 11.9. The molecule has 0 aliphatic carbocycles. The molecule has 2 aromatic rings. The van der Waals surface area contributed by atoms with E-state index in [0.717, 1.165) is 21.9 Å². The summed E-state index contributed by atoms with van der Waals surface area (Å²) >= 11 is 3.39. The second-order valence-corrected chi connectivity index (χ2v) is 4.84. The van der Waals surface area contributed by atoms with Crippen LogP contribution in [-0.4, -0.2) is 15.8 Å². The van der Waals surface area contributed by atoms with E-state index in [0.29, 0.717) is 5.82 Å². The van der Waals surface area contributed by atoms with Gasteiger partial charge in [0.15, 0.2) is 5.82 Å². The fourth-order valence-electron chi connectivity index (χ4n) is 1.52. The first-order valence-electron chi connectivity index (χ1n) is 5.31. The highest BCUT2D eigenvalue weighted by atomic mass is 79.9. The summed E-state index contributed by atoms with van der Waals surface area (Å²) in [6.07, 6.45) is 0.833. The number of H-pyrrole nitrogens is 1. The van der Waals surface area contributed by atoms with E-state index in [4.69, 9.17) is 0 Å². The van der Waals surface area contributed by atoms with E-state index in [1.807, 2.05) is 32.0 Å². The van der Waals surface area contributed by atoms with E-state index >= 15 is 0 Å². The number of Topliss-reactive ketones (excluding diaryl/α,β-unsaturated/α-hetero) is 1. The Bertz CT molecular complexity index is 533. The van der Waals surface area contributed by atoms with Gasteiger partial charge in [0.1, 0.15) is 0 Å². The molecule has 0 bridgehead atoms. The third-order valence-electron chi connectivity index (χ3n) is 2.74. The van der Waals surface area contributed by atoms with Crippen molar-refractivity contribution in [2.24, 2.45) is 5.92 Å². The summed E-state index contributed by atoms with van der Waals surface area (Å²) in [6.45, 7) is 3.92. The van der Waals surface area contributed by atoms with Crippen LogP contribution < -0.4 is 0 Å². The van der Waals surface area contributed by atoms with Crippen LogP contribution in [0.5, 0.6) is 0 Å². The highest BCUT2D eigenvalue weighted by molar-refractivity contribution is 9.10. The Morgan fingerprint density at radius 2 is 2.31 bits per heavy atom. The van der Waals surface area contributed by atoms with Crippen molar-refractivity contribution < 1.29 is 4.79 Å². The number of rotatable bonds is 3. The average Bonchev–Trinajstić information content (AvgIpc) is 2.69. The summed E-state index contributed by atoms with van der Waals surface area (Å²) in [6, 6.07) is 5.74. The van der Waals surface area contributed by atoms with Gasteiger partial charge in [0.2, 0.25) is 5.78 Å². The van der Waals surface area contributed by atoms with E-state index in [-0.39, 0.29) is 11.7 Å². The van der Waals surface area contributed by atoms with Crippen molar-refractivity contribution in [2.75, 3.05) is 0 Å². The second-order valence-electron chi connectivity index (χ2n) is 3.92. The number of carbonyl (C=O) groups excluding carboxylic acids is 1. The minimum absolute atomic E-state index is 0.0176. The van der Waals surface area contributed by atoms with Crippen molar-refractivity contribution in [3.63, 3.8) is 0 Å². The molecule has 0 aliphatic heterocycles. The number of aromatic nitrogens is 2. The Labute approximate surface area is 102 Å². The maximum Gasteiger partial charge on any atom is 0.200 e. The molecule has 1 N–H and O–H groups in total. The number of nitrogens with zero attached hydrogens (tertiary/aromatic N) is 1. The molecule has 1 aromatic heterocycles. The highest BCUT2D eigenvalue weighted by Crippen LogP contribution is 2.19. The molecule has 1 aromatic carbocycles. The van der Waals surface area contributed by atoms with Crippen LogP contribution >= 0.6 is 15.9 Å². The van der Waals surface area contributed by atoms with E-state index in [9.17, 15) is 4.79 Å². The van der Waals surface area contributed by atoms with Crippen molar-refractivity contribution in [1.82, 2.24) is 9.97 Å². The van der Waals surface area contributed by atoms with Gasteiger partial charge < -0.3 is 4.98 Å². The number of fused-ring (bicyclic) bond motifs is 1. The fraction of sp³-hybridized carbons (Fsp3) is 0.333. The molecule has 1 heterocycles. The molecule has 1 unspecified atom stereocenters. The van der Waals surface area contributed by atoms with Gasteiger partial charge in [0.05, 0.1) is 11.0 Å². The van der Waals surface area contributed by atoms with E-state index < -0.39 is 0 Å². The van der Waals surface area contributed by atoms with Gasteiger partial charge in [-0.25, -0.2) is 4.98 Å². The fourth-order valence-corrected chi connectivity index (χ4v) is 1.88. The Balaban J connectivity index is 2.43. The number of benzene rings is 1. The van der Waals surface area contributed by atoms with Crippen molar-refractivity contribution in [3.8, 4) is 0 Å². The highest BCUT2D eigenvalue weighted by Gasteiger charge is 2.17. The molecule has 1 atom stereocenters. The smallest absolute Gasteiger partial charge is 0.200 e. The van der Waals surface area contributed by atoms with Crippen LogP contribution in [0, 0.1) is 5.92 Å². The van der Waals surface area contributed by atoms with Gasteiger partial charge in [-0.3, -0.25) is 4.79 Å². The topological polar surface area (TPSA) is 45.8 Å². The summed E-state index contributed by atoms with van der Waals surface area (Å²) < 4.78 is 0.978. The molecular weight excluding hydrogens is 268 g/mol. The lowest BCUT2D eigenvalue weighted by molar-refractivity contribution is 0.0918. The molecule has 2 rings (SSSR count). The SMILES string of the molecule is CCC(C)C(=O)c1nc2ccc(Br)cc2[nH]1. The number of aromatic amines is 1. The van der Waals surface area contributed by atoms with Crippen LogP contribution in [0.1, 0.15) is 30.9 Å². The van der Waals surface area contributed by atoms with E-state index in [1.165, 1.54) is 0 Å². The number of carbonyl (C=O) groups is 1. The summed E-state index contributed by atoms with van der Waals surface area (Å²) in [7, 11) is 0. The lowest BCUT2D eigenvalue weighted by Crippen LogP contribution is -2.11. The standard InChI is InChI=1S/C12H13BrN2O/c1-3-7(2)11(16)12-14-9-5-4-8(13)6-10(9)15-12/h4-7H,3H2,1-2H3,(H,14,15). The lowest BCUT2D eigenvalue weighted by atomic mass is 10.0. The normalized spacial score (nSPS) is 12.9. The minimum atomic E-state index is 0.0176. The third-order valence-corrected chi connectivity index (χ3v) is 3.23. The summed E-state index contributed by atoms with van der Waals surface area (Å²) in [5.41, 5.74) is 1.72. The van der Waals surface area contributed by atoms with Crippen molar-refractivity contribution >= 4 is 32.7 Å². The second kappa shape index (κ2) is 4.37. The Morgan fingerprint density at radius 1 is 1.56 bits per heavy atom. The van der Waals surface area contributed by atoms with Gasteiger partial charge in [-0.2, -0.15) is 0 Å². The molecular formula is C12H13BrN2O. The molecule has 0 aliphatic rings. The van der Waals surface area contributed by atoms with Crippen LogP contribution in [0.4, 0.5) is 0 Å². The number of ketones is 1. The van der Waals surface area contributed by atoms with Crippen LogP contribution in [0.25, 0.3) is 11.0 Å². The first kappa shape index (κ1) is 11.3. The molecule has 84 valence electrons. The zero-order valence-electron chi connectivity index (χ0n) is 9.25. The van der Waals surface area contributed by atoms with Gasteiger partial charge >= 0.3 is 0 Å². The molecule has 0 saturated carbocycles. The predicted molar refractivity (Wildman–Crippen MR) is 67.6 cm³/mol. The number of hydrogen-bond acceptors (Lipinski definition) is 2. The zero-order valence-corrected chi connectivity index (χ0v) is 10.8. The number of halogens is 1. The monoisotopic (exact) mass is 280 g/mol. The lowest BCUT2D eigenvalue weighted by Gasteiger charge is -2.02. The molecule has 0 fully saturated rings. The zero-order chi connectivity index (χ0) is 11.7. The van der Waals surface area contributed by atoms with Gasteiger partial charge in [-0.1, -0.05) is 29.8 Å². The summed E-state index contributed by atoms with van der Waals surface area (Å²) in [5.74, 6) is 0.557. The number of imidazole rings is 1. The molecule has 4 heteroatoms. The largest absolute Gasteiger partial charge is 0.335 e.